The number of hydrogen-bond donors (Lipinski definition) is 0. The van der Waals surface area contributed by atoms with E-state index in [-0.39, 0.29) is 23.8 Å². The molecule has 6 nitrogen and oxygen atoms in total. The van der Waals surface area contributed by atoms with Crippen molar-refractivity contribution in [1.82, 2.24) is 9.80 Å². The Kier molecular flexibility index (Phi) is 6.43. The van der Waals surface area contributed by atoms with Crippen LogP contribution in [0.4, 0.5) is 0 Å². The minimum atomic E-state index is -0.0728. The molecular formula is C19H26N2O4S. The number of piperidine rings is 1. The summed E-state index contributed by atoms with van der Waals surface area (Å²) in [6, 6.07) is 7.83. The molecule has 2 atom stereocenters. The number of amides is 2. The molecule has 1 aromatic carbocycles. The van der Waals surface area contributed by atoms with E-state index in [0.29, 0.717) is 32.0 Å². The molecule has 0 aromatic heterocycles. The number of carbonyl (C=O) groups excluding carboxylic acids is 2. The van der Waals surface area contributed by atoms with Crippen molar-refractivity contribution < 1.29 is 19.1 Å². The van der Waals surface area contributed by atoms with Crippen molar-refractivity contribution in [2.24, 2.45) is 5.92 Å². The predicted octanol–water partition coefficient (Wildman–Crippen LogP) is 1.88. The maximum absolute atomic E-state index is 12.7. The van der Waals surface area contributed by atoms with Crippen molar-refractivity contribution in [2.75, 3.05) is 46.2 Å². The molecule has 26 heavy (non-hydrogen) atoms. The van der Waals surface area contributed by atoms with Crippen molar-refractivity contribution in [3.05, 3.63) is 24.3 Å². The molecule has 0 aliphatic carbocycles. The second-order valence-corrected chi connectivity index (χ2v) is 7.77. The highest BCUT2D eigenvalue weighted by Crippen LogP contribution is 2.30. The van der Waals surface area contributed by atoms with E-state index >= 15 is 0 Å². The van der Waals surface area contributed by atoms with Crippen LogP contribution in [0.15, 0.2) is 29.2 Å². The first-order chi connectivity index (χ1) is 12.6. The zero-order chi connectivity index (χ0) is 18.5. The normalized spacial score (nSPS) is 22.5. The van der Waals surface area contributed by atoms with Crippen molar-refractivity contribution in [1.29, 1.82) is 0 Å². The van der Waals surface area contributed by atoms with Crippen LogP contribution in [0.2, 0.25) is 0 Å². The van der Waals surface area contributed by atoms with Crippen LogP contribution >= 0.6 is 11.8 Å². The molecule has 0 unspecified atom stereocenters. The van der Waals surface area contributed by atoms with E-state index in [2.05, 4.69) is 0 Å². The molecule has 142 valence electrons. The first kappa shape index (κ1) is 19.0. The molecule has 2 amide bonds. The largest absolute Gasteiger partial charge is 0.497 e. The van der Waals surface area contributed by atoms with Gasteiger partial charge in [-0.15, -0.1) is 11.8 Å². The van der Waals surface area contributed by atoms with Gasteiger partial charge in [-0.2, -0.15) is 0 Å². The Labute approximate surface area is 158 Å². The van der Waals surface area contributed by atoms with Gasteiger partial charge in [0, 0.05) is 37.7 Å². The summed E-state index contributed by atoms with van der Waals surface area (Å²) < 4.78 is 10.4. The van der Waals surface area contributed by atoms with Gasteiger partial charge < -0.3 is 19.3 Å². The summed E-state index contributed by atoms with van der Waals surface area (Å²) in [4.78, 5) is 30.2. The number of benzene rings is 1. The van der Waals surface area contributed by atoms with E-state index in [1.165, 1.54) is 11.8 Å². The third-order valence-corrected chi connectivity index (χ3v) is 6.06. The number of nitrogens with zero attached hydrogens (tertiary/aromatic N) is 2. The third-order valence-electron chi connectivity index (χ3n) is 5.09. The van der Waals surface area contributed by atoms with Crippen LogP contribution in [0.25, 0.3) is 0 Å². The number of carbonyl (C=O) groups is 2. The third kappa shape index (κ3) is 4.32. The summed E-state index contributed by atoms with van der Waals surface area (Å²) >= 11 is 1.51. The van der Waals surface area contributed by atoms with Gasteiger partial charge in [-0.25, -0.2) is 0 Å². The lowest BCUT2D eigenvalue weighted by Gasteiger charge is -2.35. The summed E-state index contributed by atoms with van der Waals surface area (Å²) in [5.41, 5.74) is 0. The Hall–Kier alpha value is -1.73. The smallest absolute Gasteiger partial charge is 0.233 e. The average Bonchev–Trinajstić information content (AvgIpc) is 2.96. The summed E-state index contributed by atoms with van der Waals surface area (Å²) in [5, 5.41) is 0. The van der Waals surface area contributed by atoms with Crippen LogP contribution in [0, 0.1) is 5.92 Å². The van der Waals surface area contributed by atoms with Gasteiger partial charge in [-0.1, -0.05) is 6.07 Å². The van der Waals surface area contributed by atoms with Crippen LogP contribution in [0.1, 0.15) is 12.8 Å². The van der Waals surface area contributed by atoms with Crippen LogP contribution in [0.5, 0.6) is 5.75 Å². The second-order valence-electron chi connectivity index (χ2n) is 6.72. The average molecular weight is 378 g/mol. The molecule has 0 saturated carbocycles. The molecule has 4 rings (SSSR count). The summed E-state index contributed by atoms with van der Waals surface area (Å²) in [6.45, 7) is 2.31. The minimum absolute atomic E-state index is 0.0728. The van der Waals surface area contributed by atoms with Gasteiger partial charge in [-0.3, -0.25) is 9.59 Å². The predicted molar refractivity (Wildman–Crippen MR) is 100 cm³/mol. The Morgan fingerprint density at radius 2 is 2.12 bits per heavy atom. The van der Waals surface area contributed by atoms with Gasteiger partial charge in [0.2, 0.25) is 11.8 Å². The van der Waals surface area contributed by atoms with E-state index in [4.69, 9.17) is 9.47 Å². The number of hydrogen-bond acceptors (Lipinski definition) is 5. The van der Waals surface area contributed by atoms with E-state index < -0.39 is 0 Å². The summed E-state index contributed by atoms with van der Waals surface area (Å²) in [7, 11) is 3.28. The SMILES string of the molecule is COCCN1C(=O)[C@@H]2CC[C@H]1CN(C(=O)CSc1cccc(OC)c1)C2. The van der Waals surface area contributed by atoms with Crippen LogP contribution in [-0.4, -0.2) is 73.9 Å². The topological polar surface area (TPSA) is 59.1 Å². The van der Waals surface area contributed by atoms with Gasteiger partial charge in [0.05, 0.1) is 25.4 Å². The first-order valence-electron chi connectivity index (χ1n) is 8.96. The fourth-order valence-corrected chi connectivity index (χ4v) is 4.50. The van der Waals surface area contributed by atoms with E-state index in [9.17, 15) is 9.59 Å². The van der Waals surface area contributed by atoms with Gasteiger partial charge in [-0.05, 0) is 31.0 Å². The van der Waals surface area contributed by atoms with Crippen molar-refractivity contribution >= 4 is 23.6 Å². The quantitative estimate of drug-likeness (QED) is 0.678. The monoisotopic (exact) mass is 378 g/mol. The van der Waals surface area contributed by atoms with E-state index in [0.717, 1.165) is 23.5 Å². The molecule has 3 fully saturated rings. The highest BCUT2D eigenvalue weighted by atomic mass is 32.2. The van der Waals surface area contributed by atoms with E-state index in [1.807, 2.05) is 34.1 Å². The van der Waals surface area contributed by atoms with Crippen LogP contribution in [0.3, 0.4) is 0 Å². The zero-order valence-electron chi connectivity index (χ0n) is 15.3. The molecule has 3 aliphatic rings. The minimum Gasteiger partial charge on any atom is -0.497 e. The number of thioether (sulfide) groups is 1. The maximum Gasteiger partial charge on any atom is 0.233 e. The fourth-order valence-electron chi connectivity index (χ4n) is 3.65. The van der Waals surface area contributed by atoms with Gasteiger partial charge in [0.15, 0.2) is 0 Å². The summed E-state index contributed by atoms with van der Waals surface area (Å²) in [5.74, 6) is 1.36. The highest BCUT2D eigenvalue weighted by molar-refractivity contribution is 8.00. The lowest BCUT2D eigenvalue weighted by atomic mass is 9.94. The van der Waals surface area contributed by atoms with Gasteiger partial charge in [0.25, 0.3) is 0 Å². The molecular weight excluding hydrogens is 352 g/mol. The van der Waals surface area contributed by atoms with Gasteiger partial charge in [0.1, 0.15) is 5.75 Å². The molecule has 3 heterocycles. The van der Waals surface area contributed by atoms with Crippen LogP contribution < -0.4 is 4.74 Å². The number of ether oxygens (including phenoxy) is 2. The second kappa shape index (κ2) is 8.77. The molecule has 0 N–H and O–H groups in total. The van der Waals surface area contributed by atoms with Crippen molar-refractivity contribution in [2.45, 2.75) is 23.8 Å². The standard InChI is InChI=1S/C19H26N2O4S/c1-24-9-8-21-15-7-6-14(19(21)23)11-20(12-15)18(22)13-26-17-5-3-4-16(10-17)25-2/h3-5,10,14-15H,6-9,11-13H2,1-2H3/t14-,15+/m1/s1. The highest BCUT2D eigenvalue weighted by Gasteiger charge is 2.41. The molecule has 2 bridgehead atoms. The number of methoxy groups -OCH3 is 2. The molecule has 3 aliphatic heterocycles. The Balaban J connectivity index is 1.60. The number of fused-ring (bicyclic) bond motifs is 4. The molecule has 3 saturated heterocycles. The van der Waals surface area contributed by atoms with Crippen molar-refractivity contribution in [3.63, 3.8) is 0 Å². The molecule has 7 heteroatoms. The Morgan fingerprint density at radius 1 is 1.27 bits per heavy atom. The van der Waals surface area contributed by atoms with Crippen molar-refractivity contribution in [3.8, 4) is 5.75 Å². The summed E-state index contributed by atoms with van der Waals surface area (Å²) in [6.07, 6.45) is 1.84. The lowest BCUT2D eigenvalue weighted by Crippen LogP contribution is -2.49. The first-order valence-corrected chi connectivity index (χ1v) is 9.95. The van der Waals surface area contributed by atoms with Crippen LogP contribution in [-0.2, 0) is 14.3 Å². The van der Waals surface area contributed by atoms with E-state index in [1.54, 1.807) is 14.2 Å². The molecule has 0 spiro atoms. The Morgan fingerprint density at radius 3 is 2.88 bits per heavy atom. The number of rotatable bonds is 7. The fraction of sp³-hybridized carbons (Fsp3) is 0.579. The Bertz CT molecular complexity index is 654. The lowest BCUT2D eigenvalue weighted by molar-refractivity contribution is -0.140. The maximum atomic E-state index is 12.7. The molecule has 0 radical (unpaired) electrons. The van der Waals surface area contributed by atoms with Gasteiger partial charge >= 0.3 is 0 Å². The molecule has 1 aromatic rings. The zero-order valence-corrected chi connectivity index (χ0v) is 16.2.